The molecule has 0 saturated heterocycles. The summed E-state index contributed by atoms with van der Waals surface area (Å²) in [6.45, 7) is 1.73. The summed E-state index contributed by atoms with van der Waals surface area (Å²) >= 11 is 1.33. The van der Waals surface area contributed by atoms with E-state index in [0.29, 0.717) is 35.9 Å². The first kappa shape index (κ1) is 21.9. The van der Waals surface area contributed by atoms with Gasteiger partial charge in [-0.2, -0.15) is 0 Å². The molecule has 4 N–H and O–H groups in total. The van der Waals surface area contributed by atoms with Crippen molar-refractivity contribution in [3.05, 3.63) is 76.4 Å². The molecule has 3 heterocycles. The Hall–Kier alpha value is -2.75. The number of nitrogens with two attached hydrogens (primary N) is 1. The summed E-state index contributed by atoms with van der Waals surface area (Å²) in [4.78, 5) is 25.3. The summed E-state index contributed by atoms with van der Waals surface area (Å²) in [5, 5.41) is 6.00. The van der Waals surface area contributed by atoms with Crippen LogP contribution < -0.4 is 37.9 Å². The van der Waals surface area contributed by atoms with Crippen LogP contribution in [0.5, 0.6) is 0 Å². The summed E-state index contributed by atoms with van der Waals surface area (Å²) in [7, 11) is 0. The zero-order valence-electron chi connectivity index (χ0n) is 16.1. The first-order valence-electron chi connectivity index (χ1n) is 9.23. The number of ether oxygens (including phenoxy) is 1. The number of nitrogens with one attached hydrogen (secondary N) is 2. The molecule has 30 heavy (non-hydrogen) atoms. The molecule has 0 saturated carbocycles. The lowest BCUT2D eigenvalue weighted by Gasteiger charge is -2.12. The molecule has 4 rings (SSSR count). The molecule has 3 amide bonds. The Morgan fingerprint density at radius 3 is 2.53 bits per heavy atom. The second-order valence-electron chi connectivity index (χ2n) is 6.70. The number of fused-ring (bicyclic) bond motifs is 1. The molecule has 9 heteroatoms. The van der Waals surface area contributed by atoms with Gasteiger partial charge in [-0.15, -0.1) is 11.3 Å². The van der Waals surface area contributed by atoms with E-state index in [1.807, 2.05) is 47.3 Å². The maximum absolute atomic E-state index is 12.4. The number of carbonyl (C=O) groups excluding carboxylic acids is 2. The molecule has 3 aromatic rings. The fourth-order valence-corrected chi connectivity index (χ4v) is 4.47. The molecule has 0 unspecified atom stereocenters. The van der Waals surface area contributed by atoms with Gasteiger partial charge in [0.15, 0.2) is 18.9 Å². The Balaban J connectivity index is 0.00000256. The highest BCUT2D eigenvalue weighted by atomic mass is 79.9. The van der Waals surface area contributed by atoms with Crippen molar-refractivity contribution in [1.29, 1.82) is 0 Å². The third kappa shape index (κ3) is 5.05. The predicted molar refractivity (Wildman–Crippen MR) is 111 cm³/mol. The summed E-state index contributed by atoms with van der Waals surface area (Å²) in [5.74, 6) is -0.540. The number of hydrogen-bond donors (Lipinski definition) is 3. The summed E-state index contributed by atoms with van der Waals surface area (Å²) in [5.41, 5.74) is 8.66. The van der Waals surface area contributed by atoms with Crippen LogP contribution >= 0.6 is 11.3 Å². The van der Waals surface area contributed by atoms with Gasteiger partial charge in [-0.25, -0.2) is 9.36 Å². The van der Waals surface area contributed by atoms with Gasteiger partial charge < -0.3 is 32.8 Å². The highest BCUT2D eigenvalue weighted by Gasteiger charge is 2.25. The van der Waals surface area contributed by atoms with E-state index >= 15 is 0 Å². The molecular weight excluding hydrogens is 468 g/mol. The minimum Gasteiger partial charge on any atom is -1.00 e. The number of nitrogens with zero attached hydrogens (tertiary/aromatic N) is 1. The van der Waals surface area contributed by atoms with E-state index in [4.69, 9.17) is 10.5 Å². The van der Waals surface area contributed by atoms with Crippen LogP contribution in [0.3, 0.4) is 0 Å². The van der Waals surface area contributed by atoms with Gasteiger partial charge in [-0.1, -0.05) is 30.3 Å². The van der Waals surface area contributed by atoms with Gasteiger partial charge in [-0.05, 0) is 12.0 Å². The average Bonchev–Trinajstić information content (AvgIpc) is 3.08. The van der Waals surface area contributed by atoms with Gasteiger partial charge in [0.25, 0.3) is 5.91 Å². The van der Waals surface area contributed by atoms with Gasteiger partial charge in [-0.3, -0.25) is 10.1 Å². The lowest BCUT2D eigenvalue weighted by molar-refractivity contribution is -0.688. The third-order valence-corrected chi connectivity index (χ3v) is 5.77. The van der Waals surface area contributed by atoms with Crippen LogP contribution in [0.4, 0.5) is 15.5 Å². The van der Waals surface area contributed by atoms with Crippen molar-refractivity contribution in [2.24, 2.45) is 5.73 Å². The van der Waals surface area contributed by atoms with Crippen molar-refractivity contribution in [2.45, 2.75) is 19.6 Å². The minimum absolute atomic E-state index is 0. The molecule has 0 spiro atoms. The molecule has 7 nitrogen and oxygen atoms in total. The standard InChI is InChI=1S/C21H20N4O3S.BrH/c22-19(26)18-16-8-11-28-13-17(16)29-20(18)24-21(27)23-15-6-9-25(10-7-15)12-14-4-2-1-3-5-14;/h1-7,9-10H,8,11-13H2,(H3,22,24,26,27);1H. The molecule has 1 aromatic carbocycles. The van der Waals surface area contributed by atoms with Crippen LogP contribution in [0.15, 0.2) is 54.9 Å². The number of thiophene rings is 1. The van der Waals surface area contributed by atoms with E-state index < -0.39 is 11.9 Å². The average molecular weight is 489 g/mol. The summed E-state index contributed by atoms with van der Waals surface area (Å²) < 4.78 is 7.45. The number of primary amides is 1. The van der Waals surface area contributed by atoms with Gasteiger partial charge in [0.05, 0.1) is 24.5 Å². The van der Waals surface area contributed by atoms with E-state index in [-0.39, 0.29) is 17.0 Å². The third-order valence-electron chi connectivity index (χ3n) is 4.65. The van der Waals surface area contributed by atoms with Gasteiger partial charge >= 0.3 is 6.03 Å². The molecule has 0 radical (unpaired) electrons. The topological polar surface area (TPSA) is 97.3 Å². The summed E-state index contributed by atoms with van der Waals surface area (Å²) in [6, 6.07) is 13.3. The Morgan fingerprint density at radius 2 is 1.83 bits per heavy atom. The molecule has 2 aromatic heterocycles. The number of rotatable bonds is 5. The SMILES string of the molecule is NC(=O)c1c(NC(=O)Nc2cc[n+](Cc3ccccc3)cc2)sc2c1CCOC2.[Br-]. The second kappa shape index (κ2) is 9.84. The number of amides is 3. The first-order valence-corrected chi connectivity index (χ1v) is 10.0. The van der Waals surface area contributed by atoms with Crippen LogP contribution in [0.1, 0.15) is 26.4 Å². The molecule has 156 valence electrons. The lowest BCUT2D eigenvalue weighted by Crippen LogP contribution is -3.00. The van der Waals surface area contributed by atoms with Crippen molar-refractivity contribution in [2.75, 3.05) is 17.2 Å². The molecule has 0 atom stereocenters. The molecule has 0 bridgehead atoms. The van der Waals surface area contributed by atoms with Crippen LogP contribution in [0.25, 0.3) is 0 Å². The highest BCUT2D eigenvalue weighted by Crippen LogP contribution is 2.36. The highest BCUT2D eigenvalue weighted by molar-refractivity contribution is 7.17. The fraction of sp³-hybridized carbons (Fsp3) is 0.190. The molecule has 1 aliphatic heterocycles. The zero-order valence-corrected chi connectivity index (χ0v) is 18.5. The smallest absolute Gasteiger partial charge is 0.324 e. The van der Waals surface area contributed by atoms with Crippen molar-refractivity contribution < 1.29 is 35.9 Å². The quantitative estimate of drug-likeness (QED) is 0.437. The number of anilines is 2. The van der Waals surface area contributed by atoms with Crippen molar-refractivity contribution in [3.8, 4) is 0 Å². The fourth-order valence-electron chi connectivity index (χ4n) is 3.29. The van der Waals surface area contributed by atoms with Gasteiger partial charge in [0.1, 0.15) is 5.00 Å². The number of pyridine rings is 1. The molecule has 0 aliphatic carbocycles. The van der Waals surface area contributed by atoms with Crippen molar-refractivity contribution in [1.82, 2.24) is 0 Å². The number of halogens is 1. The zero-order chi connectivity index (χ0) is 20.2. The van der Waals surface area contributed by atoms with Crippen LogP contribution in [0, 0.1) is 0 Å². The van der Waals surface area contributed by atoms with Crippen LogP contribution in [-0.2, 0) is 24.3 Å². The van der Waals surface area contributed by atoms with Crippen LogP contribution in [-0.4, -0.2) is 18.5 Å². The van der Waals surface area contributed by atoms with E-state index in [1.165, 1.54) is 16.9 Å². The van der Waals surface area contributed by atoms with Crippen LogP contribution in [0.2, 0.25) is 0 Å². The number of hydrogen-bond acceptors (Lipinski definition) is 4. The Kier molecular flexibility index (Phi) is 7.20. The maximum Gasteiger partial charge on any atom is 0.324 e. The van der Waals surface area contributed by atoms with Gasteiger partial charge in [0.2, 0.25) is 0 Å². The van der Waals surface area contributed by atoms with E-state index in [0.717, 1.165) is 17.0 Å². The van der Waals surface area contributed by atoms with Crippen molar-refractivity contribution >= 4 is 34.0 Å². The second-order valence-corrected chi connectivity index (χ2v) is 7.80. The Labute approximate surface area is 188 Å². The minimum atomic E-state index is -0.540. The Morgan fingerprint density at radius 1 is 1.10 bits per heavy atom. The largest absolute Gasteiger partial charge is 1.00 e. The monoisotopic (exact) mass is 488 g/mol. The van der Waals surface area contributed by atoms with Crippen molar-refractivity contribution in [3.63, 3.8) is 0 Å². The number of aromatic nitrogens is 1. The molecule has 1 aliphatic rings. The molecule has 0 fully saturated rings. The predicted octanol–water partition coefficient (Wildman–Crippen LogP) is -0.0965. The van der Waals surface area contributed by atoms with E-state index in [2.05, 4.69) is 22.8 Å². The first-order chi connectivity index (χ1) is 14.1. The number of benzene rings is 1. The lowest BCUT2D eigenvalue weighted by atomic mass is 10.1. The number of carbonyl (C=O) groups is 2. The normalized spacial score (nSPS) is 12.4. The van der Waals surface area contributed by atoms with E-state index in [9.17, 15) is 9.59 Å². The summed E-state index contributed by atoms with van der Waals surface area (Å²) in [6.07, 6.45) is 4.42. The Bertz CT molecular complexity index is 1040. The van der Waals surface area contributed by atoms with E-state index in [1.54, 1.807) is 0 Å². The van der Waals surface area contributed by atoms with Gasteiger partial charge in [0, 0.05) is 22.6 Å². The molecular formula is C21H21BrN4O3S. The maximum atomic E-state index is 12.4. The number of urea groups is 1.